The Morgan fingerprint density at radius 1 is 1.03 bits per heavy atom. The van der Waals surface area contributed by atoms with Crippen LogP contribution in [0.25, 0.3) is 21.9 Å². The van der Waals surface area contributed by atoms with Crippen molar-refractivity contribution in [2.24, 2.45) is 5.73 Å². The maximum Gasteiger partial charge on any atom is 0.343 e. The van der Waals surface area contributed by atoms with Crippen molar-refractivity contribution >= 4 is 45.4 Å². The summed E-state index contributed by atoms with van der Waals surface area (Å²) in [7, 11) is 1.38. The summed E-state index contributed by atoms with van der Waals surface area (Å²) in [5.41, 5.74) is 6.68. The molecule has 2 N–H and O–H groups in total. The maximum absolute atomic E-state index is 12.7. The van der Waals surface area contributed by atoms with Gasteiger partial charge < -0.3 is 24.4 Å². The number of furan rings is 1. The molecule has 0 aliphatic carbocycles. The summed E-state index contributed by atoms with van der Waals surface area (Å²) >= 11 is 6.20. The van der Waals surface area contributed by atoms with E-state index in [9.17, 15) is 9.59 Å². The number of hydrogen-bond donors (Lipinski definition) is 1. The van der Waals surface area contributed by atoms with Crippen LogP contribution in [0.1, 0.15) is 10.4 Å². The molecular weight excluding hydrogens is 410 g/mol. The third kappa shape index (κ3) is 3.75. The lowest BCUT2D eigenvalue weighted by Crippen LogP contribution is -2.20. The molecular formula is C22H16ClNO6. The average molecular weight is 426 g/mol. The average Bonchev–Trinajstić information content (AvgIpc) is 3.10. The highest BCUT2D eigenvalue weighted by Crippen LogP contribution is 2.37. The second-order valence-corrected chi connectivity index (χ2v) is 6.80. The highest BCUT2D eigenvalue weighted by molar-refractivity contribution is 6.32. The first-order valence-electron chi connectivity index (χ1n) is 8.88. The van der Waals surface area contributed by atoms with E-state index in [4.69, 9.17) is 36.0 Å². The molecule has 8 heteroatoms. The summed E-state index contributed by atoms with van der Waals surface area (Å²) in [6.07, 6.45) is 0. The van der Waals surface area contributed by atoms with Crippen molar-refractivity contribution in [2.45, 2.75) is 0 Å². The number of esters is 1. The number of rotatable bonds is 6. The highest BCUT2D eigenvalue weighted by atomic mass is 35.5. The van der Waals surface area contributed by atoms with Gasteiger partial charge in [0.2, 0.25) is 0 Å². The Labute approximate surface area is 175 Å². The SMILES string of the molecule is COc1cc(C(=O)Oc2ccc3oc4ccccc4c3c2)cc(Cl)c1OCC(N)=O. The van der Waals surface area contributed by atoms with Gasteiger partial charge in [-0.3, -0.25) is 4.79 Å². The first-order chi connectivity index (χ1) is 14.5. The minimum atomic E-state index is -0.668. The molecule has 0 unspecified atom stereocenters. The molecule has 0 spiro atoms. The largest absolute Gasteiger partial charge is 0.493 e. The predicted molar refractivity (Wildman–Crippen MR) is 111 cm³/mol. The van der Waals surface area contributed by atoms with Gasteiger partial charge in [0.1, 0.15) is 16.9 Å². The third-order valence-electron chi connectivity index (χ3n) is 4.38. The number of para-hydroxylation sites is 1. The van der Waals surface area contributed by atoms with Crippen LogP contribution >= 0.6 is 11.6 Å². The van der Waals surface area contributed by atoms with E-state index in [0.717, 1.165) is 16.4 Å². The third-order valence-corrected chi connectivity index (χ3v) is 4.66. The zero-order chi connectivity index (χ0) is 21.3. The minimum Gasteiger partial charge on any atom is -0.493 e. The van der Waals surface area contributed by atoms with Gasteiger partial charge >= 0.3 is 5.97 Å². The van der Waals surface area contributed by atoms with Crippen LogP contribution in [0.2, 0.25) is 5.02 Å². The van der Waals surface area contributed by atoms with E-state index in [-0.39, 0.29) is 28.7 Å². The van der Waals surface area contributed by atoms with Gasteiger partial charge in [-0.25, -0.2) is 4.79 Å². The summed E-state index contributed by atoms with van der Waals surface area (Å²) < 4.78 is 21.8. The van der Waals surface area contributed by atoms with Crippen molar-refractivity contribution in [2.75, 3.05) is 13.7 Å². The first kappa shape index (κ1) is 19.6. The standard InChI is InChI=1S/C22H16ClNO6/c1-27-19-9-12(8-16(23)21(19)28-11-20(24)25)22(26)29-13-6-7-18-15(10-13)14-4-2-3-5-17(14)30-18/h2-10H,11H2,1H3,(H2,24,25). The van der Waals surface area contributed by atoms with Crippen LogP contribution in [0.4, 0.5) is 0 Å². The fraction of sp³-hybridized carbons (Fsp3) is 0.0909. The van der Waals surface area contributed by atoms with E-state index in [2.05, 4.69) is 0 Å². The van der Waals surface area contributed by atoms with Crippen molar-refractivity contribution in [1.82, 2.24) is 0 Å². The van der Waals surface area contributed by atoms with E-state index in [0.29, 0.717) is 11.3 Å². The molecule has 0 aliphatic rings. The number of carbonyl (C=O) groups is 2. The summed E-state index contributed by atoms with van der Waals surface area (Å²) in [4.78, 5) is 23.6. The van der Waals surface area contributed by atoms with E-state index >= 15 is 0 Å². The van der Waals surface area contributed by atoms with Crippen LogP contribution in [0, 0.1) is 0 Å². The van der Waals surface area contributed by atoms with Crippen molar-refractivity contribution in [3.63, 3.8) is 0 Å². The number of benzene rings is 3. The van der Waals surface area contributed by atoms with Crippen LogP contribution in [0.15, 0.2) is 59.0 Å². The number of carbonyl (C=O) groups excluding carboxylic acids is 2. The van der Waals surface area contributed by atoms with Gasteiger partial charge in [0.25, 0.3) is 5.91 Å². The summed E-state index contributed by atoms with van der Waals surface area (Å²) in [5, 5.41) is 1.84. The Balaban J connectivity index is 1.62. The molecule has 152 valence electrons. The smallest absolute Gasteiger partial charge is 0.343 e. The van der Waals surface area contributed by atoms with Crippen LogP contribution in [-0.2, 0) is 4.79 Å². The van der Waals surface area contributed by atoms with Crippen LogP contribution < -0.4 is 19.9 Å². The molecule has 1 heterocycles. The molecule has 4 aromatic rings. The van der Waals surface area contributed by atoms with Crippen molar-refractivity contribution in [3.05, 3.63) is 65.2 Å². The first-order valence-corrected chi connectivity index (χ1v) is 9.26. The van der Waals surface area contributed by atoms with Crippen molar-refractivity contribution < 1.29 is 28.2 Å². The van der Waals surface area contributed by atoms with Gasteiger partial charge in [-0.15, -0.1) is 0 Å². The number of hydrogen-bond acceptors (Lipinski definition) is 6. The van der Waals surface area contributed by atoms with Crippen molar-refractivity contribution in [1.29, 1.82) is 0 Å². The van der Waals surface area contributed by atoms with Gasteiger partial charge in [0, 0.05) is 10.8 Å². The van der Waals surface area contributed by atoms with Crippen LogP contribution in [0.3, 0.4) is 0 Å². The number of nitrogens with two attached hydrogens (primary N) is 1. The molecule has 30 heavy (non-hydrogen) atoms. The molecule has 0 radical (unpaired) electrons. The van der Waals surface area contributed by atoms with Crippen LogP contribution in [0.5, 0.6) is 17.2 Å². The molecule has 0 saturated heterocycles. The molecule has 0 aliphatic heterocycles. The number of ether oxygens (including phenoxy) is 3. The topological polar surface area (TPSA) is 101 Å². The molecule has 0 bridgehead atoms. The fourth-order valence-electron chi connectivity index (χ4n) is 3.06. The molecule has 3 aromatic carbocycles. The quantitative estimate of drug-likeness (QED) is 0.364. The van der Waals surface area contributed by atoms with E-state index < -0.39 is 11.9 Å². The number of methoxy groups -OCH3 is 1. The van der Waals surface area contributed by atoms with E-state index in [1.165, 1.54) is 19.2 Å². The Morgan fingerprint density at radius 2 is 1.80 bits per heavy atom. The highest BCUT2D eigenvalue weighted by Gasteiger charge is 2.18. The Bertz CT molecular complexity index is 1280. The Hall–Kier alpha value is -3.71. The zero-order valence-corrected chi connectivity index (χ0v) is 16.6. The molecule has 1 amide bonds. The van der Waals surface area contributed by atoms with Gasteiger partial charge in [-0.05, 0) is 36.4 Å². The normalized spacial score (nSPS) is 10.9. The minimum absolute atomic E-state index is 0.0823. The lowest BCUT2D eigenvalue weighted by atomic mass is 10.1. The van der Waals surface area contributed by atoms with E-state index in [1.54, 1.807) is 18.2 Å². The Kier molecular flexibility index (Phi) is 5.20. The second kappa shape index (κ2) is 7.96. The van der Waals surface area contributed by atoms with Gasteiger partial charge in [0.05, 0.1) is 17.7 Å². The molecule has 0 fully saturated rings. The second-order valence-electron chi connectivity index (χ2n) is 6.39. The number of fused-ring (bicyclic) bond motifs is 3. The Morgan fingerprint density at radius 3 is 2.57 bits per heavy atom. The number of amides is 1. The number of primary amides is 1. The zero-order valence-electron chi connectivity index (χ0n) is 15.8. The van der Waals surface area contributed by atoms with Crippen LogP contribution in [-0.4, -0.2) is 25.6 Å². The van der Waals surface area contributed by atoms with Gasteiger partial charge in [-0.1, -0.05) is 29.8 Å². The predicted octanol–water partition coefficient (Wildman–Crippen LogP) is 4.33. The lowest BCUT2D eigenvalue weighted by molar-refractivity contribution is -0.119. The maximum atomic E-state index is 12.7. The van der Waals surface area contributed by atoms with E-state index in [1.807, 2.05) is 24.3 Å². The van der Waals surface area contributed by atoms with Crippen molar-refractivity contribution in [3.8, 4) is 17.2 Å². The molecule has 0 saturated carbocycles. The fourth-order valence-corrected chi connectivity index (χ4v) is 3.32. The molecule has 1 aromatic heterocycles. The number of halogens is 1. The molecule has 7 nitrogen and oxygen atoms in total. The lowest BCUT2D eigenvalue weighted by Gasteiger charge is -2.13. The summed E-state index contributed by atoms with van der Waals surface area (Å²) in [5.74, 6) is -0.668. The summed E-state index contributed by atoms with van der Waals surface area (Å²) in [6.45, 7) is -0.376. The molecule has 4 rings (SSSR count). The van der Waals surface area contributed by atoms with Gasteiger partial charge in [-0.2, -0.15) is 0 Å². The summed E-state index contributed by atoms with van der Waals surface area (Å²) in [6, 6.07) is 15.5. The molecule has 0 atom stereocenters. The monoisotopic (exact) mass is 425 g/mol. The van der Waals surface area contributed by atoms with Gasteiger partial charge in [0.15, 0.2) is 18.1 Å².